The van der Waals surface area contributed by atoms with Gasteiger partial charge in [0.25, 0.3) is 0 Å². The normalized spacial score (nSPS) is 21.6. The van der Waals surface area contributed by atoms with Gasteiger partial charge in [0.15, 0.2) is 11.5 Å². The van der Waals surface area contributed by atoms with Gasteiger partial charge >= 0.3 is 0 Å². The van der Waals surface area contributed by atoms with E-state index in [0.717, 1.165) is 35.9 Å². The molecule has 2 aliphatic rings. The van der Waals surface area contributed by atoms with E-state index in [1.165, 1.54) is 24.0 Å². The Bertz CT molecular complexity index is 456. The van der Waals surface area contributed by atoms with Crippen LogP contribution in [0.15, 0.2) is 6.07 Å². The summed E-state index contributed by atoms with van der Waals surface area (Å²) in [6.07, 6.45) is 4.40. The Kier molecular flexibility index (Phi) is 3.35. The second-order valence-electron chi connectivity index (χ2n) is 4.90. The highest BCUT2D eigenvalue weighted by molar-refractivity contribution is 6.31. The van der Waals surface area contributed by atoms with Crippen LogP contribution in [0.1, 0.15) is 30.9 Å². The Morgan fingerprint density at radius 2 is 2.28 bits per heavy atom. The van der Waals surface area contributed by atoms with Gasteiger partial charge in [-0.05, 0) is 37.8 Å². The zero-order chi connectivity index (χ0) is 12.5. The summed E-state index contributed by atoms with van der Waals surface area (Å²) in [5.74, 6) is 1.69. The van der Waals surface area contributed by atoms with Crippen LogP contribution >= 0.6 is 11.6 Å². The Hall–Kier alpha value is -0.930. The van der Waals surface area contributed by atoms with Crippen LogP contribution in [0.4, 0.5) is 0 Å². The van der Waals surface area contributed by atoms with Gasteiger partial charge in [0, 0.05) is 22.7 Å². The summed E-state index contributed by atoms with van der Waals surface area (Å²) in [6.45, 7) is 3.57. The SMILES string of the molecule is CCc1c(CC2CCCN2)c(Cl)cc2c1OCO2. The van der Waals surface area contributed by atoms with Crippen LogP contribution in [0.5, 0.6) is 11.5 Å². The second-order valence-corrected chi connectivity index (χ2v) is 5.31. The van der Waals surface area contributed by atoms with E-state index in [4.69, 9.17) is 21.1 Å². The molecule has 1 saturated heterocycles. The molecule has 0 aliphatic carbocycles. The van der Waals surface area contributed by atoms with Gasteiger partial charge < -0.3 is 14.8 Å². The molecule has 98 valence electrons. The van der Waals surface area contributed by atoms with Crippen molar-refractivity contribution >= 4 is 11.6 Å². The van der Waals surface area contributed by atoms with Crippen molar-refractivity contribution in [1.82, 2.24) is 5.32 Å². The van der Waals surface area contributed by atoms with Crippen molar-refractivity contribution < 1.29 is 9.47 Å². The van der Waals surface area contributed by atoms with Gasteiger partial charge in [-0.1, -0.05) is 18.5 Å². The molecule has 0 spiro atoms. The molecule has 1 aromatic rings. The topological polar surface area (TPSA) is 30.5 Å². The summed E-state index contributed by atoms with van der Waals surface area (Å²) in [7, 11) is 0. The van der Waals surface area contributed by atoms with Crippen LogP contribution in [0.3, 0.4) is 0 Å². The van der Waals surface area contributed by atoms with E-state index in [0.29, 0.717) is 12.8 Å². The monoisotopic (exact) mass is 267 g/mol. The molecular formula is C14H18ClNO2. The quantitative estimate of drug-likeness (QED) is 0.913. The van der Waals surface area contributed by atoms with Crippen LogP contribution in [0.25, 0.3) is 0 Å². The minimum atomic E-state index is 0.309. The Morgan fingerprint density at radius 1 is 1.39 bits per heavy atom. The average Bonchev–Trinajstić information content (AvgIpc) is 3.00. The van der Waals surface area contributed by atoms with Gasteiger partial charge in [0.1, 0.15) is 0 Å². The Balaban J connectivity index is 1.96. The van der Waals surface area contributed by atoms with Crippen LogP contribution in [-0.2, 0) is 12.8 Å². The minimum absolute atomic E-state index is 0.309. The lowest BCUT2D eigenvalue weighted by atomic mass is 9.96. The van der Waals surface area contributed by atoms with Gasteiger partial charge in [0.2, 0.25) is 6.79 Å². The fraction of sp³-hybridized carbons (Fsp3) is 0.571. The maximum Gasteiger partial charge on any atom is 0.231 e. The molecule has 1 N–H and O–H groups in total. The van der Waals surface area contributed by atoms with Crippen molar-refractivity contribution in [1.29, 1.82) is 0 Å². The molecule has 1 unspecified atom stereocenters. The number of hydrogen-bond acceptors (Lipinski definition) is 3. The summed E-state index contributed by atoms with van der Waals surface area (Å²) in [5.41, 5.74) is 2.44. The number of hydrogen-bond donors (Lipinski definition) is 1. The predicted molar refractivity (Wildman–Crippen MR) is 71.7 cm³/mol. The highest BCUT2D eigenvalue weighted by atomic mass is 35.5. The third kappa shape index (κ3) is 2.06. The number of fused-ring (bicyclic) bond motifs is 1. The zero-order valence-electron chi connectivity index (χ0n) is 10.6. The molecule has 1 atom stereocenters. The lowest BCUT2D eigenvalue weighted by Crippen LogP contribution is -2.24. The van der Waals surface area contributed by atoms with Crippen molar-refractivity contribution in [3.63, 3.8) is 0 Å². The Morgan fingerprint density at radius 3 is 3.00 bits per heavy atom. The predicted octanol–water partition coefficient (Wildman–Crippen LogP) is 2.93. The van der Waals surface area contributed by atoms with Crippen molar-refractivity contribution in [3.05, 3.63) is 22.2 Å². The van der Waals surface area contributed by atoms with E-state index in [2.05, 4.69) is 12.2 Å². The molecule has 0 saturated carbocycles. The summed E-state index contributed by atoms with van der Waals surface area (Å²) >= 11 is 6.41. The van der Waals surface area contributed by atoms with E-state index in [9.17, 15) is 0 Å². The third-order valence-electron chi connectivity index (χ3n) is 3.79. The van der Waals surface area contributed by atoms with Gasteiger partial charge in [-0.25, -0.2) is 0 Å². The molecule has 1 fully saturated rings. The van der Waals surface area contributed by atoms with Crippen LogP contribution in [-0.4, -0.2) is 19.4 Å². The third-order valence-corrected chi connectivity index (χ3v) is 4.13. The molecule has 18 heavy (non-hydrogen) atoms. The maximum absolute atomic E-state index is 6.41. The molecule has 2 aliphatic heterocycles. The maximum atomic E-state index is 6.41. The molecule has 0 bridgehead atoms. The number of rotatable bonds is 3. The Labute approximate surface area is 112 Å². The van der Waals surface area contributed by atoms with Crippen molar-refractivity contribution in [2.24, 2.45) is 0 Å². The van der Waals surface area contributed by atoms with Gasteiger partial charge in [-0.2, -0.15) is 0 Å². The lowest BCUT2D eigenvalue weighted by Gasteiger charge is -2.16. The average molecular weight is 268 g/mol. The second kappa shape index (κ2) is 4.98. The van der Waals surface area contributed by atoms with Gasteiger partial charge in [-0.3, -0.25) is 0 Å². The summed E-state index contributed by atoms with van der Waals surface area (Å²) < 4.78 is 11.0. The first-order chi connectivity index (χ1) is 8.79. The number of nitrogens with one attached hydrogen (secondary N) is 1. The van der Waals surface area contributed by atoms with Gasteiger partial charge in [0.05, 0.1) is 0 Å². The first-order valence-corrected chi connectivity index (χ1v) is 7.00. The molecule has 3 rings (SSSR count). The van der Waals surface area contributed by atoms with E-state index in [1.807, 2.05) is 6.07 Å². The van der Waals surface area contributed by atoms with Crippen LogP contribution in [0.2, 0.25) is 5.02 Å². The highest BCUT2D eigenvalue weighted by Gasteiger charge is 2.25. The first kappa shape index (κ1) is 12.1. The molecule has 0 aromatic heterocycles. The summed E-state index contributed by atoms with van der Waals surface area (Å²) in [4.78, 5) is 0. The molecule has 2 heterocycles. The first-order valence-electron chi connectivity index (χ1n) is 6.62. The number of halogens is 1. The molecular weight excluding hydrogens is 250 g/mol. The minimum Gasteiger partial charge on any atom is -0.454 e. The fourth-order valence-corrected chi connectivity index (χ4v) is 3.18. The molecule has 4 heteroatoms. The fourth-order valence-electron chi connectivity index (χ4n) is 2.89. The zero-order valence-corrected chi connectivity index (χ0v) is 11.3. The van der Waals surface area contributed by atoms with Gasteiger partial charge in [-0.15, -0.1) is 0 Å². The summed E-state index contributed by atoms with van der Waals surface area (Å²) in [5, 5.41) is 4.33. The molecule has 3 nitrogen and oxygen atoms in total. The largest absolute Gasteiger partial charge is 0.454 e. The number of benzene rings is 1. The molecule has 1 aromatic carbocycles. The molecule has 0 radical (unpaired) electrons. The van der Waals surface area contributed by atoms with E-state index in [-0.39, 0.29) is 0 Å². The summed E-state index contributed by atoms with van der Waals surface area (Å²) in [6, 6.07) is 2.45. The number of ether oxygens (including phenoxy) is 2. The molecule has 0 amide bonds. The van der Waals surface area contributed by atoms with E-state index in [1.54, 1.807) is 0 Å². The standard InChI is InChI=1S/C14H18ClNO2/c1-2-10-11(6-9-4-3-5-16-9)12(15)7-13-14(10)18-8-17-13/h7,9,16H,2-6,8H2,1H3. The van der Waals surface area contributed by atoms with Crippen LogP contribution < -0.4 is 14.8 Å². The highest BCUT2D eigenvalue weighted by Crippen LogP contribution is 2.42. The van der Waals surface area contributed by atoms with Crippen molar-refractivity contribution in [3.8, 4) is 11.5 Å². The van der Waals surface area contributed by atoms with Crippen molar-refractivity contribution in [2.75, 3.05) is 13.3 Å². The van der Waals surface area contributed by atoms with E-state index >= 15 is 0 Å². The van der Waals surface area contributed by atoms with Crippen molar-refractivity contribution in [2.45, 2.75) is 38.6 Å². The van der Waals surface area contributed by atoms with E-state index < -0.39 is 0 Å². The smallest absolute Gasteiger partial charge is 0.231 e. The lowest BCUT2D eigenvalue weighted by molar-refractivity contribution is 0.173. The van der Waals surface area contributed by atoms with Crippen LogP contribution in [0, 0.1) is 0 Å².